The van der Waals surface area contributed by atoms with Gasteiger partial charge in [0.15, 0.2) is 11.6 Å². The predicted octanol–water partition coefficient (Wildman–Crippen LogP) is 3.79. The lowest BCUT2D eigenvalue weighted by Crippen LogP contribution is -2.59. The molecule has 3 fully saturated rings. The Bertz CT molecular complexity index is 503. The van der Waals surface area contributed by atoms with Gasteiger partial charge in [-0.15, -0.1) is 0 Å². The Kier molecular flexibility index (Phi) is 4.41. The maximum atomic E-state index is 6.49. The monoisotopic (exact) mass is 318 g/mol. The molecule has 0 bridgehead atoms. The molecule has 126 valence electrons. The van der Waals surface area contributed by atoms with Gasteiger partial charge in [0, 0.05) is 19.3 Å². The Hall–Kier alpha value is -0.940. The van der Waals surface area contributed by atoms with Crippen LogP contribution in [0.1, 0.15) is 50.5 Å². The van der Waals surface area contributed by atoms with Gasteiger partial charge in [-0.3, -0.25) is 0 Å². The first-order valence-electron chi connectivity index (χ1n) is 8.94. The lowest BCUT2D eigenvalue weighted by atomic mass is 9.89. The van der Waals surface area contributed by atoms with E-state index in [4.69, 9.17) is 18.9 Å². The molecule has 3 heterocycles. The molecule has 0 saturated carbocycles. The molecule has 0 aliphatic carbocycles. The smallest absolute Gasteiger partial charge is 0.197 e. The van der Waals surface area contributed by atoms with E-state index in [1.807, 2.05) is 18.2 Å². The zero-order valence-corrected chi connectivity index (χ0v) is 13.7. The van der Waals surface area contributed by atoms with Crippen molar-refractivity contribution in [3.05, 3.63) is 35.9 Å². The molecule has 4 rings (SSSR count). The first-order chi connectivity index (χ1) is 11.3. The van der Waals surface area contributed by atoms with Crippen molar-refractivity contribution in [2.45, 2.75) is 69.2 Å². The number of benzene rings is 1. The van der Waals surface area contributed by atoms with Gasteiger partial charge in [-0.1, -0.05) is 30.3 Å². The molecule has 3 atom stereocenters. The van der Waals surface area contributed by atoms with Crippen LogP contribution in [0.15, 0.2) is 30.3 Å². The molecule has 0 amide bonds. The molecular weight excluding hydrogens is 292 g/mol. The summed E-state index contributed by atoms with van der Waals surface area (Å²) in [6.07, 6.45) is 7.00. The van der Waals surface area contributed by atoms with Crippen molar-refractivity contribution in [1.29, 1.82) is 0 Å². The van der Waals surface area contributed by atoms with Crippen LogP contribution in [0.5, 0.6) is 0 Å². The van der Waals surface area contributed by atoms with Gasteiger partial charge in [-0.2, -0.15) is 0 Å². The average molecular weight is 318 g/mol. The van der Waals surface area contributed by atoms with Crippen LogP contribution < -0.4 is 0 Å². The van der Waals surface area contributed by atoms with Gasteiger partial charge >= 0.3 is 0 Å². The maximum absolute atomic E-state index is 6.49. The van der Waals surface area contributed by atoms with Crippen LogP contribution in [0.4, 0.5) is 0 Å². The minimum Gasteiger partial charge on any atom is -0.368 e. The van der Waals surface area contributed by atoms with E-state index < -0.39 is 11.6 Å². The van der Waals surface area contributed by atoms with Gasteiger partial charge in [-0.05, 0) is 31.2 Å². The molecule has 1 aromatic carbocycles. The molecule has 0 aromatic heterocycles. The second-order valence-corrected chi connectivity index (χ2v) is 6.91. The average Bonchev–Trinajstić information content (AvgIpc) is 3.04. The van der Waals surface area contributed by atoms with Crippen molar-refractivity contribution in [3.63, 3.8) is 0 Å². The summed E-state index contributed by atoms with van der Waals surface area (Å²) in [5.41, 5.74) is 1.19. The van der Waals surface area contributed by atoms with Crippen LogP contribution in [0, 0.1) is 0 Å². The summed E-state index contributed by atoms with van der Waals surface area (Å²) in [5, 5.41) is 0. The minimum atomic E-state index is -0.615. The van der Waals surface area contributed by atoms with Crippen molar-refractivity contribution in [1.82, 2.24) is 0 Å². The summed E-state index contributed by atoms with van der Waals surface area (Å²) in [4.78, 5) is 0. The first kappa shape index (κ1) is 15.6. The van der Waals surface area contributed by atoms with Gasteiger partial charge < -0.3 is 18.9 Å². The van der Waals surface area contributed by atoms with Crippen molar-refractivity contribution < 1.29 is 18.9 Å². The molecule has 4 heteroatoms. The van der Waals surface area contributed by atoms with Crippen molar-refractivity contribution in [2.24, 2.45) is 0 Å². The Balaban J connectivity index is 1.48. The highest BCUT2D eigenvalue weighted by atomic mass is 16.8. The number of rotatable bonds is 3. The van der Waals surface area contributed by atoms with Crippen LogP contribution in [0.25, 0.3) is 0 Å². The quantitative estimate of drug-likeness (QED) is 0.850. The van der Waals surface area contributed by atoms with E-state index in [1.54, 1.807) is 0 Å². The Morgan fingerprint density at radius 3 is 2.57 bits per heavy atom. The molecule has 0 unspecified atom stereocenters. The lowest BCUT2D eigenvalue weighted by molar-refractivity contribution is -0.409. The molecule has 3 aliphatic heterocycles. The third-order valence-corrected chi connectivity index (χ3v) is 5.26. The molecule has 2 spiro atoms. The minimum absolute atomic E-state index is 0.0159. The summed E-state index contributed by atoms with van der Waals surface area (Å²) in [5.74, 6) is -1.04. The van der Waals surface area contributed by atoms with Crippen molar-refractivity contribution >= 4 is 0 Å². The topological polar surface area (TPSA) is 36.9 Å². The van der Waals surface area contributed by atoms with Gasteiger partial charge in [0.2, 0.25) is 0 Å². The standard InChI is InChI=1S/C19H26O4/c1-2-7-16(8-3-1)15-20-17-9-12-18(10-6-14-21-18)23-19(17)11-4-5-13-22-19/h1-3,7-8,17H,4-6,9-15H2/t17-,18-,19-/m0/s1. The molecule has 0 N–H and O–H groups in total. The van der Waals surface area contributed by atoms with Crippen LogP contribution in [-0.4, -0.2) is 30.9 Å². The highest BCUT2D eigenvalue weighted by Crippen LogP contribution is 2.47. The normalized spacial score (nSPS) is 37.5. The van der Waals surface area contributed by atoms with Gasteiger partial charge in [0.25, 0.3) is 0 Å². The van der Waals surface area contributed by atoms with Crippen LogP contribution in [-0.2, 0) is 25.6 Å². The van der Waals surface area contributed by atoms with E-state index in [9.17, 15) is 0 Å². The molecule has 3 aliphatic rings. The Morgan fingerprint density at radius 2 is 1.83 bits per heavy atom. The lowest BCUT2D eigenvalue weighted by Gasteiger charge is -2.51. The highest BCUT2D eigenvalue weighted by molar-refractivity contribution is 5.13. The molecule has 3 saturated heterocycles. The number of ether oxygens (including phenoxy) is 4. The summed E-state index contributed by atoms with van der Waals surface area (Å²) < 4.78 is 24.9. The van der Waals surface area contributed by atoms with Crippen molar-refractivity contribution in [3.8, 4) is 0 Å². The zero-order valence-electron chi connectivity index (χ0n) is 13.7. The fourth-order valence-corrected chi connectivity index (χ4v) is 4.06. The van der Waals surface area contributed by atoms with E-state index in [-0.39, 0.29) is 6.10 Å². The second-order valence-electron chi connectivity index (χ2n) is 6.91. The third-order valence-electron chi connectivity index (χ3n) is 5.26. The van der Waals surface area contributed by atoms with Crippen LogP contribution in [0.3, 0.4) is 0 Å². The zero-order chi connectivity index (χ0) is 15.6. The SMILES string of the molecule is c1ccc(CO[C@H]2CC[C@]3(CCCO3)O[C@@]23CCCCO3)cc1. The van der Waals surface area contributed by atoms with E-state index in [0.29, 0.717) is 6.61 Å². The van der Waals surface area contributed by atoms with E-state index >= 15 is 0 Å². The van der Waals surface area contributed by atoms with Gasteiger partial charge in [0.1, 0.15) is 6.10 Å². The number of hydrogen-bond acceptors (Lipinski definition) is 4. The largest absolute Gasteiger partial charge is 0.368 e. The van der Waals surface area contributed by atoms with Crippen molar-refractivity contribution in [2.75, 3.05) is 13.2 Å². The third kappa shape index (κ3) is 3.18. The number of hydrogen-bond donors (Lipinski definition) is 0. The summed E-state index contributed by atoms with van der Waals surface area (Å²) in [6, 6.07) is 10.3. The summed E-state index contributed by atoms with van der Waals surface area (Å²) >= 11 is 0. The molecule has 4 nitrogen and oxygen atoms in total. The summed E-state index contributed by atoms with van der Waals surface area (Å²) in [7, 11) is 0. The highest BCUT2D eigenvalue weighted by Gasteiger charge is 2.55. The van der Waals surface area contributed by atoms with E-state index in [1.165, 1.54) is 5.56 Å². The molecule has 0 radical (unpaired) electrons. The first-order valence-corrected chi connectivity index (χ1v) is 8.94. The predicted molar refractivity (Wildman–Crippen MR) is 85.8 cm³/mol. The van der Waals surface area contributed by atoms with Gasteiger partial charge in [-0.25, -0.2) is 0 Å². The van der Waals surface area contributed by atoms with Crippen LogP contribution >= 0.6 is 0 Å². The van der Waals surface area contributed by atoms with Gasteiger partial charge in [0.05, 0.1) is 19.8 Å². The maximum Gasteiger partial charge on any atom is 0.197 e. The molecule has 1 aromatic rings. The fourth-order valence-electron chi connectivity index (χ4n) is 4.06. The summed E-state index contributed by atoms with van der Waals surface area (Å²) in [6.45, 7) is 2.15. The van der Waals surface area contributed by atoms with E-state index in [0.717, 1.165) is 58.2 Å². The fraction of sp³-hybridized carbons (Fsp3) is 0.684. The Morgan fingerprint density at radius 1 is 0.957 bits per heavy atom. The van der Waals surface area contributed by atoms with E-state index in [2.05, 4.69) is 12.1 Å². The Labute approximate surface area is 138 Å². The molecule has 23 heavy (non-hydrogen) atoms. The van der Waals surface area contributed by atoms with Crippen LogP contribution in [0.2, 0.25) is 0 Å². The second kappa shape index (κ2) is 6.52. The molecular formula is C19H26O4.